The van der Waals surface area contributed by atoms with Crippen molar-refractivity contribution in [2.24, 2.45) is 5.92 Å². The Hall–Kier alpha value is -1.85. The fourth-order valence-electron chi connectivity index (χ4n) is 4.32. The molecule has 1 unspecified atom stereocenters. The maximum Gasteiger partial charge on any atom is 0.150 e. The molecular formula is C23H30N2O2S. The van der Waals surface area contributed by atoms with Gasteiger partial charge in [0.2, 0.25) is 0 Å². The highest BCUT2D eigenvalue weighted by atomic mass is 32.2. The molecule has 2 aromatic carbocycles. The Morgan fingerprint density at radius 2 is 1.54 bits per heavy atom. The first kappa shape index (κ1) is 19.5. The van der Waals surface area contributed by atoms with Crippen molar-refractivity contribution in [1.29, 1.82) is 0 Å². The maximum atomic E-state index is 11.6. The molecule has 150 valence electrons. The van der Waals surface area contributed by atoms with E-state index in [4.69, 9.17) is 0 Å². The van der Waals surface area contributed by atoms with Crippen LogP contribution in [0.1, 0.15) is 24.8 Å². The molecule has 2 fully saturated rings. The lowest BCUT2D eigenvalue weighted by atomic mass is 10.0. The second-order valence-electron chi connectivity index (χ2n) is 8.35. The van der Waals surface area contributed by atoms with E-state index in [-0.39, 0.29) is 0 Å². The van der Waals surface area contributed by atoms with E-state index < -0.39 is 9.84 Å². The van der Waals surface area contributed by atoms with Gasteiger partial charge in [0.05, 0.1) is 11.5 Å². The summed E-state index contributed by atoms with van der Waals surface area (Å²) in [6, 6.07) is 18.1. The third kappa shape index (κ3) is 4.76. The molecule has 0 amide bonds. The molecule has 2 aliphatic rings. The highest BCUT2D eigenvalue weighted by Gasteiger charge is 2.28. The van der Waals surface area contributed by atoms with E-state index in [1.54, 1.807) is 0 Å². The fraction of sp³-hybridized carbons (Fsp3) is 0.478. The summed E-state index contributed by atoms with van der Waals surface area (Å²) in [6.45, 7) is 5.05. The Balaban J connectivity index is 1.27. The van der Waals surface area contributed by atoms with Crippen molar-refractivity contribution in [1.82, 2.24) is 5.32 Å². The first-order chi connectivity index (χ1) is 13.5. The van der Waals surface area contributed by atoms with Crippen LogP contribution in [0.5, 0.6) is 0 Å². The first-order valence-corrected chi connectivity index (χ1v) is 12.2. The van der Waals surface area contributed by atoms with Crippen LogP contribution < -0.4 is 10.2 Å². The van der Waals surface area contributed by atoms with Gasteiger partial charge in [-0.05, 0) is 61.9 Å². The van der Waals surface area contributed by atoms with Crippen LogP contribution in [0.25, 0.3) is 11.1 Å². The van der Waals surface area contributed by atoms with Crippen molar-refractivity contribution in [2.75, 3.05) is 36.0 Å². The second-order valence-corrected chi connectivity index (χ2v) is 10.6. The van der Waals surface area contributed by atoms with Gasteiger partial charge in [-0.3, -0.25) is 0 Å². The third-order valence-corrected chi connectivity index (χ3v) is 7.97. The van der Waals surface area contributed by atoms with Crippen molar-refractivity contribution in [3.63, 3.8) is 0 Å². The normalized spacial score (nSPS) is 22.5. The Labute approximate surface area is 168 Å². The highest BCUT2D eigenvalue weighted by molar-refractivity contribution is 7.91. The molecule has 0 bridgehead atoms. The van der Waals surface area contributed by atoms with E-state index >= 15 is 0 Å². The average Bonchev–Trinajstić information content (AvgIpc) is 3.06. The standard InChI is InChI=1S/C23H30N2O2S/c1-18-2-4-20(5-3-18)21-6-8-23(9-7-21)25-13-10-22(11-14-25)24-16-19-12-15-28(26,27)17-19/h2-9,19,22,24H,10-17H2,1H3. The predicted octanol–water partition coefficient (Wildman–Crippen LogP) is 3.66. The van der Waals surface area contributed by atoms with Crippen molar-refractivity contribution in [2.45, 2.75) is 32.2 Å². The number of aryl methyl sites for hydroxylation is 1. The number of benzene rings is 2. The molecule has 0 spiro atoms. The van der Waals surface area contributed by atoms with Crippen LogP contribution >= 0.6 is 0 Å². The van der Waals surface area contributed by atoms with E-state index in [0.29, 0.717) is 23.5 Å². The van der Waals surface area contributed by atoms with Crippen molar-refractivity contribution in [3.8, 4) is 11.1 Å². The minimum atomic E-state index is -2.77. The van der Waals surface area contributed by atoms with Crippen molar-refractivity contribution >= 4 is 15.5 Å². The van der Waals surface area contributed by atoms with Crippen LogP contribution in [0.2, 0.25) is 0 Å². The fourth-order valence-corrected chi connectivity index (χ4v) is 6.18. The summed E-state index contributed by atoms with van der Waals surface area (Å²) in [5.41, 5.74) is 5.09. The molecule has 2 saturated heterocycles. The van der Waals surface area contributed by atoms with E-state index in [1.165, 1.54) is 22.4 Å². The summed E-state index contributed by atoms with van der Waals surface area (Å²) in [6.07, 6.45) is 3.04. The molecule has 1 N–H and O–H groups in total. The maximum absolute atomic E-state index is 11.6. The van der Waals surface area contributed by atoms with Gasteiger partial charge in [0, 0.05) is 24.8 Å². The van der Waals surface area contributed by atoms with Crippen molar-refractivity contribution in [3.05, 3.63) is 54.1 Å². The predicted molar refractivity (Wildman–Crippen MR) is 117 cm³/mol. The smallest absolute Gasteiger partial charge is 0.150 e. The Morgan fingerprint density at radius 3 is 2.11 bits per heavy atom. The molecule has 4 rings (SSSR count). The van der Waals surface area contributed by atoms with Crippen LogP contribution in [-0.4, -0.2) is 45.6 Å². The topological polar surface area (TPSA) is 49.4 Å². The van der Waals surface area contributed by atoms with Gasteiger partial charge >= 0.3 is 0 Å². The second kappa shape index (κ2) is 8.26. The van der Waals surface area contributed by atoms with Gasteiger partial charge in [-0.15, -0.1) is 0 Å². The third-order valence-electron chi connectivity index (χ3n) is 6.13. The van der Waals surface area contributed by atoms with Gasteiger partial charge in [-0.1, -0.05) is 42.0 Å². The summed E-state index contributed by atoms with van der Waals surface area (Å²) in [7, 11) is -2.77. The monoisotopic (exact) mass is 398 g/mol. The minimum absolute atomic E-state index is 0.303. The quantitative estimate of drug-likeness (QED) is 0.835. The molecule has 2 heterocycles. The van der Waals surface area contributed by atoms with Gasteiger partial charge in [-0.2, -0.15) is 0 Å². The largest absolute Gasteiger partial charge is 0.371 e. The number of piperidine rings is 1. The first-order valence-electron chi connectivity index (χ1n) is 10.3. The van der Waals surface area contributed by atoms with E-state index in [2.05, 4.69) is 65.7 Å². The molecule has 28 heavy (non-hydrogen) atoms. The molecule has 2 aliphatic heterocycles. The number of rotatable bonds is 5. The lowest BCUT2D eigenvalue weighted by molar-refractivity contribution is 0.386. The molecule has 0 radical (unpaired) electrons. The van der Waals surface area contributed by atoms with E-state index in [9.17, 15) is 8.42 Å². The molecule has 1 atom stereocenters. The highest BCUT2D eigenvalue weighted by Crippen LogP contribution is 2.26. The number of anilines is 1. The zero-order valence-electron chi connectivity index (χ0n) is 16.6. The Kier molecular flexibility index (Phi) is 5.74. The van der Waals surface area contributed by atoms with Crippen molar-refractivity contribution < 1.29 is 8.42 Å². The number of hydrogen-bond acceptors (Lipinski definition) is 4. The molecule has 0 aliphatic carbocycles. The number of hydrogen-bond donors (Lipinski definition) is 1. The summed E-state index contributed by atoms with van der Waals surface area (Å²) < 4.78 is 23.2. The van der Waals surface area contributed by atoms with Crippen LogP contribution in [-0.2, 0) is 9.84 Å². The summed E-state index contributed by atoms with van der Waals surface area (Å²) in [5, 5.41) is 3.62. The van der Waals surface area contributed by atoms with Crippen LogP contribution in [0.3, 0.4) is 0 Å². The summed E-state index contributed by atoms with van der Waals surface area (Å²) in [4.78, 5) is 2.46. The lowest BCUT2D eigenvalue weighted by Gasteiger charge is -2.34. The molecule has 0 saturated carbocycles. The summed E-state index contributed by atoms with van der Waals surface area (Å²) >= 11 is 0. The number of nitrogens with one attached hydrogen (secondary N) is 1. The lowest BCUT2D eigenvalue weighted by Crippen LogP contribution is -2.44. The SMILES string of the molecule is Cc1ccc(-c2ccc(N3CCC(NCC4CCS(=O)(=O)C4)CC3)cc2)cc1. The van der Waals surface area contributed by atoms with Gasteiger partial charge in [-0.25, -0.2) is 8.42 Å². The van der Waals surface area contributed by atoms with Crippen LogP contribution in [0, 0.1) is 12.8 Å². The molecular weight excluding hydrogens is 368 g/mol. The Morgan fingerprint density at radius 1 is 0.929 bits per heavy atom. The number of sulfone groups is 1. The van der Waals surface area contributed by atoms with Gasteiger partial charge < -0.3 is 10.2 Å². The van der Waals surface area contributed by atoms with Crippen LogP contribution in [0.15, 0.2) is 48.5 Å². The molecule has 0 aromatic heterocycles. The Bertz CT molecular complexity index is 883. The van der Waals surface area contributed by atoms with Gasteiger partial charge in [0.15, 0.2) is 9.84 Å². The van der Waals surface area contributed by atoms with Crippen LogP contribution in [0.4, 0.5) is 5.69 Å². The van der Waals surface area contributed by atoms with E-state index in [1.807, 2.05) is 0 Å². The molecule has 5 heteroatoms. The van der Waals surface area contributed by atoms with Gasteiger partial charge in [0.25, 0.3) is 0 Å². The minimum Gasteiger partial charge on any atom is -0.371 e. The number of nitrogens with zero attached hydrogens (tertiary/aromatic N) is 1. The molecule has 2 aromatic rings. The van der Waals surface area contributed by atoms with Gasteiger partial charge in [0.1, 0.15) is 0 Å². The average molecular weight is 399 g/mol. The zero-order chi connectivity index (χ0) is 19.6. The van der Waals surface area contributed by atoms with E-state index in [0.717, 1.165) is 38.9 Å². The molecule has 4 nitrogen and oxygen atoms in total. The zero-order valence-corrected chi connectivity index (χ0v) is 17.4. The summed E-state index contributed by atoms with van der Waals surface area (Å²) in [5.74, 6) is 1.04.